The molecule has 0 aromatic heterocycles. The van der Waals surface area contributed by atoms with E-state index in [4.69, 9.17) is 26.2 Å². The summed E-state index contributed by atoms with van der Waals surface area (Å²) in [6, 6.07) is 0. The Balaban J connectivity index is -0.000000535. The van der Waals surface area contributed by atoms with Gasteiger partial charge in [-0.2, -0.15) is 0 Å². The van der Waals surface area contributed by atoms with Crippen molar-refractivity contribution in [3.05, 3.63) is 24.3 Å². The van der Waals surface area contributed by atoms with Crippen LogP contribution in [0.15, 0.2) is 24.3 Å². The fraction of sp³-hybridized carbons (Fsp3) is 0.545. The molecule has 2 rings (SSSR count). The van der Waals surface area contributed by atoms with Crippen LogP contribution in [-0.2, 0) is 61.9 Å². The number of halogens is 4. The number of morpholine rings is 2. The van der Waals surface area contributed by atoms with Crippen LogP contribution in [0.2, 0.25) is 0 Å². The Kier molecular flexibility index (Phi) is 33.5. The van der Waals surface area contributed by atoms with Gasteiger partial charge in [0.1, 0.15) is 5.88 Å². The monoisotopic (exact) mass is 983 g/mol. The number of hydrogen-bond donors (Lipinski definition) is 1. The van der Waals surface area contributed by atoms with Gasteiger partial charge in [-0.25, -0.2) is 19.2 Å². The van der Waals surface area contributed by atoms with Crippen LogP contribution in [0.25, 0.3) is 0 Å². The molecule has 2 fully saturated rings. The second kappa shape index (κ2) is 30.7. The molecule has 14 nitrogen and oxygen atoms in total. The van der Waals surface area contributed by atoms with Crippen molar-refractivity contribution in [1.29, 1.82) is 0 Å². The topological polar surface area (TPSA) is 175 Å². The van der Waals surface area contributed by atoms with Crippen molar-refractivity contribution in [1.82, 2.24) is 9.80 Å². The zero-order chi connectivity index (χ0) is 30.8. The Morgan fingerprint density at radius 3 is 1.51 bits per heavy atom. The first kappa shape index (κ1) is 44.7. The third-order valence-electron chi connectivity index (χ3n) is 4.30. The molecule has 0 aromatic carbocycles. The standard InChI is InChI=1S/C11H15NO6.C6H10ClNO2.C5H6O4.3HI.V/c1-16-10(14)2-3-11(15)18-8-9(13)12-4-6-17-7-5-12;7-5-6(9)8-1-3-10-4-2-8;1-9-5(8)3-2-4(6)7;;;;/h2-3H,4-8H2,1H3;1-5H2;2-3H,1H3,(H,6,7);3*1H;/q;;;;;;+2/p-2/b3-2+;;3-2+;;;;. The second-order valence-corrected chi connectivity index (χ2v) is 18.9. The van der Waals surface area contributed by atoms with Gasteiger partial charge in [0, 0.05) is 50.5 Å². The van der Waals surface area contributed by atoms with Gasteiger partial charge in [0.25, 0.3) is 5.91 Å². The molecule has 0 atom stereocenters. The molecule has 2 aliphatic rings. The molecule has 2 heterocycles. The van der Waals surface area contributed by atoms with E-state index >= 15 is 0 Å². The number of carbonyl (C=O) groups excluding carboxylic acids is 5. The number of amides is 2. The molecular formula is C22H32ClI3N2O12V. The van der Waals surface area contributed by atoms with Crippen molar-refractivity contribution < 1.29 is 67.0 Å². The molecule has 1 N–H and O–H groups in total. The minimum atomic E-state index is -1.17. The van der Waals surface area contributed by atoms with Gasteiger partial charge >= 0.3 is 73.3 Å². The first-order chi connectivity index (χ1) is 19.1. The number of carbonyl (C=O) groups is 6. The fourth-order valence-corrected chi connectivity index (χ4v) is 2.56. The third kappa shape index (κ3) is 27.8. The maximum absolute atomic E-state index is 11.6. The number of carboxylic acid groups (broad SMARTS) is 1. The summed E-state index contributed by atoms with van der Waals surface area (Å²) in [5.74, 6) is -3.45. The molecule has 0 aliphatic carbocycles. The summed E-state index contributed by atoms with van der Waals surface area (Å²) in [4.78, 5) is 67.5. The molecule has 2 aliphatic heterocycles. The molecule has 0 bridgehead atoms. The summed E-state index contributed by atoms with van der Waals surface area (Å²) >= 11 is 10.1. The molecule has 2 amide bonds. The SMILES string of the molecule is COC(=O)/C=C/C(=O)O.COC(=O)/C=C/C(=O)OCC(=O)N1CCOCC1.I.O=C(CCl)N1CCOCC1.[I][V][I]. The fourth-order valence-electron chi connectivity index (χ4n) is 2.39. The number of carboxylic acids is 1. The Labute approximate surface area is 289 Å². The number of nitrogens with zero attached hydrogens (tertiary/aromatic N) is 2. The van der Waals surface area contributed by atoms with Crippen LogP contribution in [-0.4, -0.2) is 130 Å². The van der Waals surface area contributed by atoms with E-state index in [1.165, 1.54) is 14.2 Å². The van der Waals surface area contributed by atoms with Crippen LogP contribution in [0.4, 0.5) is 0 Å². The normalized spacial score (nSPS) is 13.9. The average molecular weight is 984 g/mol. The quantitative estimate of drug-likeness (QED) is 0.128. The second-order valence-electron chi connectivity index (χ2n) is 6.84. The van der Waals surface area contributed by atoms with E-state index in [1.807, 2.05) is 0 Å². The Hall–Kier alpha value is -0.716. The predicted molar refractivity (Wildman–Crippen MR) is 170 cm³/mol. The van der Waals surface area contributed by atoms with Crippen molar-refractivity contribution in [3.8, 4) is 0 Å². The van der Waals surface area contributed by atoms with Gasteiger partial charge in [-0.1, -0.05) is 0 Å². The maximum atomic E-state index is 11.6. The Morgan fingerprint density at radius 1 is 0.780 bits per heavy atom. The van der Waals surface area contributed by atoms with Gasteiger partial charge in [-0.15, -0.1) is 35.6 Å². The molecule has 0 radical (unpaired) electrons. The molecule has 235 valence electrons. The first-order valence-corrected chi connectivity index (χ1v) is 20.7. The molecule has 0 unspecified atom stereocenters. The van der Waals surface area contributed by atoms with Gasteiger partial charge in [0.2, 0.25) is 5.91 Å². The molecule has 0 spiro atoms. The van der Waals surface area contributed by atoms with E-state index in [9.17, 15) is 28.8 Å². The van der Waals surface area contributed by atoms with Gasteiger partial charge in [-0.05, 0) is 0 Å². The van der Waals surface area contributed by atoms with E-state index in [-0.39, 0.29) is 48.3 Å². The number of aliphatic carboxylic acids is 1. The van der Waals surface area contributed by atoms with Gasteiger partial charge < -0.3 is 38.6 Å². The number of hydrogen-bond acceptors (Lipinski definition) is 11. The number of esters is 3. The van der Waals surface area contributed by atoms with Crippen molar-refractivity contribution in [2.24, 2.45) is 0 Å². The van der Waals surface area contributed by atoms with Crippen LogP contribution in [0, 0.1) is 0 Å². The van der Waals surface area contributed by atoms with Crippen molar-refractivity contribution >= 4 is 111 Å². The molecule has 0 aromatic rings. The van der Waals surface area contributed by atoms with Crippen LogP contribution in [0.1, 0.15) is 0 Å². The van der Waals surface area contributed by atoms with Crippen molar-refractivity contribution in [2.45, 2.75) is 0 Å². The van der Waals surface area contributed by atoms with Crippen LogP contribution in [0.3, 0.4) is 0 Å². The van der Waals surface area contributed by atoms with Gasteiger partial charge in [0.15, 0.2) is 6.61 Å². The molecule has 41 heavy (non-hydrogen) atoms. The minimum absolute atomic E-state index is 0. The van der Waals surface area contributed by atoms with E-state index in [0.717, 1.165) is 18.2 Å². The zero-order valence-electron chi connectivity index (χ0n) is 22.2. The predicted octanol–water partition coefficient (Wildman–Crippen LogP) is 1.39. The first-order valence-electron chi connectivity index (χ1n) is 11.2. The molecule has 2 saturated heterocycles. The van der Waals surface area contributed by atoms with E-state index < -0.39 is 23.9 Å². The molecule has 19 heteroatoms. The number of ether oxygens (including phenoxy) is 5. The van der Waals surface area contributed by atoms with Crippen molar-refractivity contribution in [3.63, 3.8) is 0 Å². The van der Waals surface area contributed by atoms with Crippen LogP contribution >= 0.6 is 75.5 Å². The Morgan fingerprint density at radius 2 is 1.15 bits per heavy atom. The summed E-state index contributed by atoms with van der Waals surface area (Å²) in [7, 11) is 3.00. The van der Waals surface area contributed by atoms with Gasteiger partial charge in [-0.3, -0.25) is 9.59 Å². The Bertz CT molecular complexity index is 856. The van der Waals surface area contributed by atoms with Crippen molar-refractivity contribution in [2.75, 3.05) is 79.3 Å². The molecule has 0 saturated carbocycles. The number of methoxy groups -OCH3 is 2. The van der Waals surface area contributed by atoms with Crippen LogP contribution in [0.5, 0.6) is 0 Å². The summed E-state index contributed by atoms with van der Waals surface area (Å²) < 4.78 is 23.2. The summed E-state index contributed by atoms with van der Waals surface area (Å²) in [6.07, 6.45) is 3.40. The van der Waals surface area contributed by atoms with Crippen LogP contribution < -0.4 is 0 Å². The number of alkyl halides is 1. The summed E-state index contributed by atoms with van der Waals surface area (Å²) in [6.45, 7) is 4.28. The van der Waals surface area contributed by atoms with E-state index in [1.54, 1.807) is 9.80 Å². The summed E-state index contributed by atoms with van der Waals surface area (Å²) in [5.41, 5.74) is 0. The molecular weight excluding hydrogens is 951 g/mol. The van der Waals surface area contributed by atoms with E-state index in [0.29, 0.717) is 68.1 Å². The van der Waals surface area contributed by atoms with E-state index in [2.05, 4.69) is 54.2 Å². The average Bonchev–Trinajstić information content (AvgIpc) is 2.98. The zero-order valence-corrected chi connectivity index (χ0v) is 31.0. The third-order valence-corrected chi connectivity index (χ3v) is 4.53. The van der Waals surface area contributed by atoms with Gasteiger partial charge in [0.05, 0.1) is 40.6 Å². The summed E-state index contributed by atoms with van der Waals surface area (Å²) in [5, 5.41) is 7.96. The number of rotatable bonds is 7.